The van der Waals surface area contributed by atoms with Crippen LogP contribution in [0.2, 0.25) is 0 Å². The van der Waals surface area contributed by atoms with Gasteiger partial charge in [0.05, 0.1) is 6.10 Å². The maximum atomic E-state index is 10.5. The molecule has 1 nitrogen and oxygen atoms in total. The Morgan fingerprint density at radius 2 is 1.89 bits per heavy atom. The van der Waals surface area contributed by atoms with Crippen LogP contribution < -0.4 is 0 Å². The summed E-state index contributed by atoms with van der Waals surface area (Å²) in [6, 6.07) is 0. The van der Waals surface area contributed by atoms with Gasteiger partial charge < -0.3 is 0 Å². The third-order valence-electron chi connectivity index (χ3n) is 1.46. The highest BCUT2D eigenvalue weighted by Gasteiger charge is 1.95. The number of rotatable bonds is 5. The Labute approximate surface area is 58.1 Å². The molecule has 0 aromatic heterocycles. The van der Waals surface area contributed by atoms with Gasteiger partial charge in [-0.1, -0.05) is 32.6 Å². The van der Waals surface area contributed by atoms with Gasteiger partial charge in [-0.15, -0.1) is 0 Å². The van der Waals surface area contributed by atoms with E-state index in [-0.39, 0.29) is 6.10 Å². The van der Waals surface area contributed by atoms with Crippen molar-refractivity contribution in [3.63, 3.8) is 0 Å². The Hall–Kier alpha value is -0.0400. The van der Waals surface area contributed by atoms with Gasteiger partial charge in [-0.3, -0.25) is 0 Å². The van der Waals surface area contributed by atoms with Crippen LogP contribution in [0, 0.1) is 0 Å². The van der Waals surface area contributed by atoms with Crippen molar-refractivity contribution in [3.8, 4) is 0 Å². The molecule has 0 amide bonds. The lowest BCUT2D eigenvalue weighted by Gasteiger charge is -1.99. The second-order valence-corrected chi connectivity index (χ2v) is 2.66. The summed E-state index contributed by atoms with van der Waals surface area (Å²) in [6.07, 6.45) is 5.42. The van der Waals surface area contributed by atoms with Gasteiger partial charge in [-0.25, -0.2) is 5.11 Å². The van der Waals surface area contributed by atoms with Crippen molar-refractivity contribution < 1.29 is 5.11 Å². The molecule has 1 radical (unpaired) electrons. The minimum atomic E-state index is -0.346. The van der Waals surface area contributed by atoms with E-state index in [0.29, 0.717) is 0 Å². The number of hydrogen-bond donors (Lipinski definition) is 0. The zero-order chi connectivity index (χ0) is 7.11. The molecular weight excluding hydrogens is 112 g/mol. The van der Waals surface area contributed by atoms with Gasteiger partial charge in [-0.2, -0.15) is 0 Å². The van der Waals surface area contributed by atoms with Crippen LogP contribution in [0.25, 0.3) is 0 Å². The molecular formula is C8H17O. The average molecular weight is 129 g/mol. The fraction of sp³-hybridized carbons (Fsp3) is 1.00. The molecule has 0 aliphatic carbocycles. The van der Waals surface area contributed by atoms with Gasteiger partial charge in [0.1, 0.15) is 0 Å². The summed E-state index contributed by atoms with van der Waals surface area (Å²) >= 11 is 0. The van der Waals surface area contributed by atoms with E-state index in [9.17, 15) is 5.11 Å². The van der Waals surface area contributed by atoms with Gasteiger partial charge in [0, 0.05) is 0 Å². The van der Waals surface area contributed by atoms with Crippen LogP contribution in [0.5, 0.6) is 0 Å². The molecule has 0 aliphatic rings. The minimum Gasteiger partial charge on any atom is -0.233 e. The molecule has 1 heteroatoms. The summed E-state index contributed by atoms with van der Waals surface area (Å²) in [4.78, 5) is 0. The van der Waals surface area contributed by atoms with E-state index in [1.807, 2.05) is 0 Å². The average Bonchev–Trinajstić information content (AvgIpc) is 1.80. The SMILES string of the molecule is CCCCCC[C@@H](C)[O]. The molecule has 0 spiro atoms. The third kappa shape index (κ3) is 7.96. The molecule has 0 aromatic rings. The smallest absolute Gasteiger partial charge is 0.0902 e. The van der Waals surface area contributed by atoms with E-state index < -0.39 is 0 Å². The van der Waals surface area contributed by atoms with E-state index in [1.54, 1.807) is 6.92 Å². The maximum Gasteiger partial charge on any atom is 0.0902 e. The first-order valence-corrected chi connectivity index (χ1v) is 3.93. The van der Waals surface area contributed by atoms with Crippen LogP contribution in [-0.4, -0.2) is 6.10 Å². The highest BCUT2D eigenvalue weighted by Crippen LogP contribution is 2.04. The first-order valence-electron chi connectivity index (χ1n) is 3.93. The first kappa shape index (κ1) is 8.96. The Balaban J connectivity index is 2.75. The highest BCUT2D eigenvalue weighted by atomic mass is 16.3. The first-order chi connectivity index (χ1) is 4.27. The summed E-state index contributed by atoms with van der Waals surface area (Å²) in [5.74, 6) is 0. The zero-order valence-electron chi connectivity index (χ0n) is 6.52. The minimum absolute atomic E-state index is 0.346. The molecule has 0 rings (SSSR count). The number of hydrogen-bond acceptors (Lipinski definition) is 0. The van der Waals surface area contributed by atoms with Crippen molar-refractivity contribution in [2.75, 3.05) is 0 Å². The van der Waals surface area contributed by atoms with Crippen LogP contribution in [0.15, 0.2) is 0 Å². The van der Waals surface area contributed by atoms with Crippen molar-refractivity contribution in [1.82, 2.24) is 0 Å². The van der Waals surface area contributed by atoms with Gasteiger partial charge in [-0.05, 0) is 13.3 Å². The molecule has 0 aliphatic heterocycles. The molecule has 0 fully saturated rings. The van der Waals surface area contributed by atoms with Crippen LogP contribution in [0.4, 0.5) is 0 Å². The zero-order valence-corrected chi connectivity index (χ0v) is 6.52. The molecule has 0 heterocycles. The number of unbranched alkanes of at least 4 members (excludes halogenated alkanes) is 3. The van der Waals surface area contributed by atoms with Crippen molar-refractivity contribution >= 4 is 0 Å². The third-order valence-corrected chi connectivity index (χ3v) is 1.46. The molecule has 0 saturated carbocycles. The predicted octanol–water partition coefficient (Wildman–Crippen LogP) is 2.78. The van der Waals surface area contributed by atoms with Gasteiger partial charge in [0.2, 0.25) is 0 Å². The fourth-order valence-electron chi connectivity index (χ4n) is 0.859. The van der Waals surface area contributed by atoms with Gasteiger partial charge in [0.25, 0.3) is 0 Å². The monoisotopic (exact) mass is 129 g/mol. The standard InChI is InChI=1S/C8H17O/c1-3-4-5-6-7-8(2)9/h8H,3-7H2,1-2H3/t8-/m1/s1. The highest BCUT2D eigenvalue weighted by molar-refractivity contribution is 4.46. The lowest BCUT2D eigenvalue weighted by molar-refractivity contribution is 0.0950. The summed E-state index contributed by atoms with van der Waals surface area (Å²) in [5, 5.41) is 10.5. The van der Waals surface area contributed by atoms with Gasteiger partial charge >= 0.3 is 0 Å². The van der Waals surface area contributed by atoms with Crippen molar-refractivity contribution in [3.05, 3.63) is 0 Å². The Morgan fingerprint density at radius 3 is 2.33 bits per heavy atom. The second kappa shape index (κ2) is 6.09. The Kier molecular flexibility index (Phi) is 6.06. The van der Waals surface area contributed by atoms with Crippen LogP contribution in [0.3, 0.4) is 0 Å². The Morgan fingerprint density at radius 1 is 1.22 bits per heavy atom. The van der Waals surface area contributed by atoms with Crippen LogP contribution in [-0.2, 0) is 5.11 Å². The van der Waals surface area contributed by atoms with Crippen molar-refractivity contribution in [2.45, 2.75) is 52.1 Å². The molecule has 55 valence electrons. The summed E-state index contributed by atoms with van der Waals surface area (Å²) in [7, 11) is 0. The van der Waals surface area contributed by atoms with Crippen LogP contribution >= 0.6 is 0 Å². The second-order valence-electron chi connectivity index (χ2n) is 2.66. The van der Waals surface area contributed by atoms with E-state index >= 15 is 0 Å². The maximum absolute atomic E-state index is 10.5. The quantitative estimate of drug-likeness (QED) is 0.509. The van der Waals surface area contributed by atoms with Crippen molar-refractivity contribution in [2.24, 2.45) is 0 Å². The molecule has 1 atom stereocenters. The van der Waals surface area contributed by atoms with E-state index in [4.69, 9.17) is 0 Å². The molecule has 0 N–H and O–H groups in total. The lowest BCUT2D eigenvalue weighted by Crippen LogP contribution is -1.95. The molecule has 0 unspecified atom stereocenters. The van der Waals surface area contributed by atoms with E-state index in [0.717, 1.165) is 12.8 Å². The normalized spacial score (nSPS) is 13.7. The van der Waals surface area contributed by atoms with E-state index in [2.05, 4.69) is 6.92 Å². The fourth-order valence-corrected chi connectivity index (χ4v) is 0.859. The van der Waals surface area contributed by atoms with Crippen molar-refractivity contribution in [1.29, 1.82) is 0 Å². The topological polar surface area (TPSA) is 19.9 Å². The van der Waals surface area contributed by atoms with Gasteiger partial charge in [0.15, 0.2) is 0 Å². The summed E-state index contributed by atoms with van der Waals surface area (Å²) in [6.45, 7) is 3.92. The molecule has 0 bridgehead atoms. The van der Waals surface area contributed by atoms with E-state index in [1.165, 1.54) is 19.3 Å². The predicted molar refractivity (Wildman–Crippen MR) is 38.9 cm³/mol. The van der Waals surface area contributed by atoms with Crippen LogP contribution in [0.1, 0.15) is 46.0 Å². The molecule has 0 saturated heterocycles. The summed E-state index contributed by atoms with van der Waals surface area (Å²) in [5.41, 5.74) is 0. The Bertz CT molecular complexity index is 50.5. The molecule has 0 aromatic carbocycles. The largest absolute Gasteiger partial charge is 0.233 e. The molecule has 9 heavy (non-hydrogen) atoms. The lowest BCUT2D eigenvalue weighted by atomic mass is 10.1. The summed E-state index contributed by atoms with van der Waals surface area (Å²) < 4.78 is 0.